The molecule has 1 rings (SSSR count). The zero-order valence-electron chi connectivity index (χ0n) is 14.7. The van der Waals surface area contributed by atoms with Gasteiger partial charge in [0.05, 0.1) is 25.9 Å². The molecule has 0 amide bonds. The Hall–Kier alpha value is -1.14. The monoisotopic (exact) mass is 325 g/mol. The van der Waals surface area contributed by atoms with Gasteiger partial charge >= 0.3 is 0 Å². The van der Waals surface area contributed by atoms with Crippen LogP contribution >= 0.6 is 0 Å². The fourth-order valence-electron chi connectivity index (χ4n) is 1.93. The number of hydrogen-bond donors (Lipinski definition) is 2. The molecule has 0 aliphatic carbocycles. The van der Waals surface area contributed by atoms with Crippen LogP contribution in [-0.4, -0.2) is 55.8 Å². The third kappa shape index (κ3) is 9.56. The minimum Gasteiger partial charge on any atom is -0.485 e. The lowest BCUT2D eigenvalue weighted by Crippen LogP contribution is -2.44. The van der Waals surface area contributed by atoms with E-state index in [0.29, 0.717) is 32.4 Å². The predicted molar refractivity (Wildman–Crippen MR) is 91.9 cm³/mol. The number of aliphatic hydroxyl groups is 1. The fraction of sp³-hybridized carbons (Fsp3) is 0.667. The van der Waals surface area contributed by atoms with E-state index in [1.807, 2.05) is 58.0 Å². The lowest BCUT2D eigenvalue weighted by molar-refractivity contribution is -0.0419. The lowest BCUT2D eigenvalue weighted by Gasteiger charge is -2.25. The summed E-state index contributed by atoms with van der Waals surface area (Å²) in [6, 6.07) is 9.79. The normalized spacial score (nSPS) is 14.2. The fourth-order valence-corrected chi connectivity index (χ4v) is 1.93. The molecule has 0 radical (unpaired) electrons. The number of ether oxygens (including phenoxy) is 3. The Kier molecular flexibility index (Phi) is 9.87. The van der Waals surface area contributed by atoms with Crippen molar-refractivity contribution < 1.29 is 19.3 Å². The molecule has 0 bridgehead atoms. The Morgan fingerprint density at radius 2 is 1.74 bits per heavy atom. The van der Waals surface area contributed by atoms with Crippen LogP contribution in [0.15, 0.2) is 30.3 Å². The van der Waals surface area contributed by atoms with Crippen molar-refractivity contribution >= 4 is 0 Å². The highest BCUT2D eigenvalue weighted by molar-refractivity contribution is 5.21. The molecule has 0 saturated heterocycles. The molecule has 0 fully saturated rings. The van der Waals surface area contributed by atoms with Gasteiger partial charge in [-0.3, -0.25) is 0 Å². The minimum absolute atomic E-state index is 0.191. The Labute approximate surface area is 139 Å². The Bertz CT molecular complexity index is 397. The van der Waals surface area contributed by atoms with Gasteiger partial charge in [-0.1, -0.05) is 32.0 Å². The van der Waals surface area contributed by atoms with Crippen molar-refractivity contribution in [2.75, 3.05) is 26.4 Å². The van der Waals surface area contributed by atoms with E-state index in [1.54, 1.807) is 0 Å². The van der Waals surface area contributed by atoms with E-state index in [1.165, 1.54) is 0 Å². The number of hydrogen-bond acceptors (Lipinski definition) is 5. The summed E-state index contributed by atoms with van der Waals surface area (Å²) in [5.74, 6) is 0.725. The van der Waals surface area contributed by atoms with Gasteiger partial charge < -0.3 is 24.6 Å². The Balaban J connectivity index is 2.47. The van der Waals surface area contributed by atoms with Gasteiger partial charge in [0.25, 0.3) is 0 Å². The molecule has 23 heavy (non-hydrogen) atoms. The third-order valence-corrected chi connectivity index (χ3v) is 3.16. The van der Waals surface area contributed by atoms with Gasteiger partial charge in [-0.25, -0.2) is 0 Å². The van der Waals surface area contributed by atoms with Crippen molar-refractivity contribution in [1.82, 2.24) is 5.32 Å². The first-order valence-electron chi connectivity index (χ1n) is 8.31. The zero-order valence-corrected chi connectivity index (χ0v) is 14.7. The number of nitrogens with one attached hydrogen (secondary N) is 1. The maximum atomic E-state index is 10.4. The molecule has 2 atom stereocenters. The van der Waals surface area contributed by atoms with Crippen LogP contribution in [0.5, 0.6) is 5.75 Å². The van der Waals surface area contributed by atoms with Crippen molar-refractivity contribution in [1.29, 1.82) is 0 Å². The van der Waals surface area contributed by atoms with E-state index in [-0.39, 0.29) is 6.10 Å². The summed E-state index contributed by atoms with van der Waals surface area (Å²) >= 11 is 0. The maximum Gasteiger partial charge on any atom is 0.149 e. The molecular formula is C18H31NO4. The van der Waals surface area contributed by atoms with E-state index in [9.17, 15) is 5.11 Å². The highest BCUT2D eigenvalue weighted by atomic mass is 16.6. The smallest absolute Gasteiger partial charge is 0.149 e. The molecule has 2 N–H and O–H groups in total. The van der Waals surface area contributed by atoms with E-state index in [4.69, 9.17) is 14.2 Å². The van der Waals surface area contributed by atoms with Crippen molar-refractivity contribution in [3.8, 4) is 5.75 Å². The molecule has 5 heteroatoms. The van der Waals surface area contributed by atoms with Crippen LogP contribution in [0.2, 0.25) is 0 Å². The molecule has 1 aromatic carbocycles. The van der Waals surface area contributed by atoms with Gasteiger partial charge in [0.2, 0.25) is 0 Å². The molecule has 0 aromatic heterocycles. The molecule has 2 unspecified atom stereocenters. The highest BCUT2D eigenvalue weighted by Crippen LogP contribution is 2.13. The minimum atomic E-state index is -0.649. The summed E-state index contributed by atoms with van der Waals surface area (Å²) in [6.45, 7) is 9.86. The zero-order chi connectivity index (χ0) is 17.1. The van der Waals surface area contributed by atoms with Crippen LogP contribution in [0.1, 0.15) is 27.7 Å². The van der Waals surface area contributed by atoms with Gasteiger partial charge in [-0.05, 0) is 26.0 Å². The summed E-state index contributed by atoms with van der Waals surface area (Å²) in [5, 5.41) is 13.6. The molecular weight excluding hydrogens is 294 g/mol. The average Bonchev–Trinajstić information content (AvgIpc) is 2.51. The second-order valence-electron chi connectivity index (χ2n) is 6.09. The Morgan fingerprint density at radius 3 is 2.35 bits per heavy atom. The van der Waals surface area contributed by atoms with Crippen LogP contribution in [0.3, 0.4) is 0 Å². The van der Waals surface area contributed by atoms with Crippen LogP contribution in [0.4, 0.5) is 0 Å². The SMILES string of the molecule is CC(C)NCC(O)C(COCCOC(C)C)Oc1ccccc1. The first-order chi connectivity index (χ1) is 11.0. The van der Waals surface area contributed by atoms with Crippen molar-refractivity contribution in [3.63, 3.8) is 0 Å². The quantitative estimate of drug-likeness (QED) is 0.577. The van der Waals surface area contributed by atoms with E-state index >= 15 is 0 Å². The second kappa shape index (κ2) is 11.4. The lowest BCUT2D eigenvalue weighted by atomic mass is 10.2. The molecule has 0 spiro atoms. The van der Waals surface area contributed by atoms with Gasteiger partial charge in [-0.15, -0.1) is 0 Å². The first kappa shape index (κ1) is 19.9. The standard InChI is InChI=1S/C18H31NO4/c1-14(2)19-12-17(20)18(13-21-10-11-22-15(3)4)23-16-8-6-5-7-9-16/h5-9,14-15,17-20H,10-13H2,1-4H3. The number of benzene rings is 1. The van der Waals surface area contributed by atoms with Crippen LogP contribution in [0.25, 0.3) is 0 Å². The summed E-state index contributed by atoms with van der Waals surface area (Å²) in [7, 11) is 0. The van der Waals surface area contributed by atoms with E-state index < -0.39 is 12.2 Å². The van der Waals surface area contributed by atoms with Gasteiger partial charge in [0, 0.05) is 12.6 Å². The molecule has 5 nitrogen and oxygen atoms in total. The first-order valence-corrected chi connectivity index (χ1v) is 8.31. The topological polar surface area (TPSA) is 60.0 Å². The van der Waals surface area contributed by atoms with Gasteiger partial charge in [-0.2, -0.15) is 0 Å². The summed E-state index contributed by atoms with van der Waals surface area (Å²) in [6.07, 6.45) is -0.887. The van der Waals surface area contributed by atoms with Crippen LogP contribution < -0.4 is 10.1 Å². The Morgan fingerprint density at radius 1 is 1.04 bits per heavy atom. The molecule has 132 valence electrons. The number of para-hydroxylation sites is 1. The largest absolute Gasteiger partial charge is 0.485 e. The van der Waals surface area contributed by atoms with E-state index in [0.717, 1.165) is 5.75 Å². The predicted octanol–water partition coefficient (Wildman–Crippen LogP) is 2.23. The molecule has 0 aliphatic rings. The molecule has 1 aromatic rings. The summed E-state index contributed by atoms with van der Waals surface area (Å²) in [4.78, 5) is 0. The summed E-state index contributed by atoms with van der Waals surface area (Å²) in [5.41, 5.74) is 0. The van der Waals surface area contributed by atoms with Gasteiger partial charge in [0.15, 0.2) is 0 Å². The molecule has 0 aliphatic heterocycles. The summed E-state index contributed by atoms with van der Waals surface area (Å²) < 4.78 is 16.9. The second-order valence-corrected chi connectivity index (χ2v) is 6.09. The highest BCUT2D eigenvalue weighted by Gasteiger charge is 2.21. The number of rotatable bonds is 12. The maximum absolute atomic E-state index is 10.4. The van der Waals surface area contributed by atoms with Gasteiger partial charge in [0.1, 0.15) is 18.0 Å². The molecule has 0 saturated carbocycles. The third-order valence-electron chi connectivity index (χ3n) is 3.16. The van der Waals surface area contributed by atoms with Crippen molar-refractivity contribution in [3.05, 3.63) is 30.3 Å². The number of aliphatic hydroxyl groups excluding tert-OH is 1. The van der Waals surface area contributed by atoms with Crippen LogP contribution in [-0.2, 0) is 9.47 Å². The van der Waals surface area contributed by atoms with Crippen molar-refractivity contribution in [2.24, 2.45) is 0 Å². The van der Waals surface area contributed by atoms with E-state index in [2.05, 4.69) is 5.32 Å². The van der Waals surface area contributed by atoms with Crippen LogP contribution in [0, 0.1) is 0 Å². The van der Waals surface area contributed by atoms with Crippen molar-refractivity contribution in [2.45, 2.75) is 52.0 Å². The molecule has 0 heterocycles. The average molecular weight is 325 g/mol.